The summed E-state index contributed by atoms with van der Waals surface area (Å²) < 4.78 is 0. The van der Waals surface area contributed by atoms with Crippen LogP contribution >= 0.6 is 11.3 Å². The Morgan fingerprint density at radius 3 is 2.90 bits per heavy atom. The average molecular weight is 301 g/mol. The minimum absolute atomic E-state index is 0.0383. The van der Waals surface area contributed by atoms with Crippen LogP contribution in [0.15, 0.2) is 41.9 Å². The topological polar surface area (TPSA) is 28.2 Å². The predicted molar refractivity (Wildman–Crippen MR) is 88.6 cm³/mol. The average Bonchev–Trinajstić information content (AvgIpc) is 3.03. The largest absolute Gasteiger partial charge is 0.305 e. The Morgan fingerprint density at radius 1 is 1.38 bits per heavy atom. The first kappa shape index (κ1) is 14.7. The standard InChI is InChI=1S/C17H23N3S/c1-14-12-19-17(2,15-6-4-3-5-7-15)13-20(14)10-8-16-18-9-11-21-16/h3-7,9,11,14,19H,8,10,12-13H2,1-2H3. The van der Waals surface area contributed by atoms with E-state index in [4.69, 9.17) is 0 Å². The highest BCUT2D eigenvalue weighted by Gasteiger charge is 2.34. The third-order valence-corrected chi connectivity index (χ3v) is 5.28. The van der Waals surface area contributed by atoms with Crippen LogP contribution in [-0.4, -0.2) is 35.6 Å². The van der Waals surface area contributed by atoms with Gasteiger partial charge < -0.3 is 5.32 Å². The van der Waals surface area contributed by atoms with Crippen LogP contribution < -0.4 is 5.32 Å². The monoisotopic (exact) mass is 301 g/mol. The molecule has 4 heteroatoms. The predicted octanol–water partition coefficient (Wildman–Crippen LogP) is 2.89. The first-order valence-corrected chi connectivity index (χ1v) is 8.48. The molecule has 112 valence electrons. The van der Waals surface area contributed by atoms with Gasteiger partial charge in [0.25, 0.3) is 0 Å². The number of nitrogens with one attached hydrogen (secondary N) is 1. The van der Waals surface area contributed by atoms with E-state index in [0.29, 0.717) is 6.04 Å². The molecule has 0 spiro atoms. The van der Waals surface area contributed by atoms with Crippen LogP contribution in [0.25, 0.3) is 0 Å². The Labute approximate surface area is 131 Å². The lowest BCUT2D eigenvalue weighted by Crippen LogP contribution is -2.60. The fourth-order valence-electron chi connectivity index (χ4n) is 3.03. The van der Waals surface area contributed by atoms with Crippen LogP contribution in [0.1, 0.15) is 24.4 Å². The van der Waals surface area contributed by atoms with Crippen molar-refractivity contribution in [3.8, 4) is 0 Å². The third-order valence-electron chi connectivity index (χ3n) is 4.44. The zero-order valence-electron chi connectivity index (χ0n) is 12.7. The summed E-state index contributed by atoms with van der Waals surface area (Å²) in [5, 5.41) is 7.03. The normalized spacial score (nSPS) is 26.9. The molecule has 21 heavy (non-hydrogen) atoms. The third kappa shape index (κ3) is 3.34. The summed E-state index contributed by atoms with van der Waals surface area (Å²) in [7, 11) is 0. The molecule has 2 atom stereocenters. The molecule has 1 fully saturated rings. The molecule has 0 saturated carbocycles. The van der Waals surface area contributed by atoms with Gasteiger partial charge in [0.2, 0.25) is 0 Å². The van der Waals surface area contributed by atoms with Crippen molar-refractivity contribution in [2.45, 2.75) is 31.8 Å². The van der Waals surface area contributed by atoms with Crippen molar-refractivity contribution in [1.82, 2.24) is 15.2 Å². The molecule has 3 nitrogen and oxygen atoms in total. The summed E-state index contributed by atoms with van der Waals surface area (Å²) >= 11 is 1.76. The number of nitrogens with zero attached hydrogens (tertiary/aromatic N) is 2. The SMILES string of the molecule is CC1CNC(C)(c2ccccc2)CN1CCc1nccs1. The first-order chi connectivity index (χ1) is 10.2. The van der Waals surface area contributed by atoms with Gasteiger partial charge >= 0.3 is 0 Å². The van der Waals surface area contributed by atoms with Crippen LogP contribution in [0.5, 0.6) is 0 Å². The summed E-state index contributed by atoms with van der Waals surface area (Å²) in [5.41, 5.74) is 1.41. The lowest BCUT2D eigenvalue weighted by Gasteiger charge is -2.45. The molecule has 1 saturated heterocycles. The lowest BCUT2D eigenvalue weighted by molar-refractivity contribution is 0.0958. The molecule has 2 heterocycles. The molecule has 0 bridgehead atoms. The van der Waals surface area contributed by atoms with E-state index < -0.39 is 0 Å². The Hall–Kier alpha value is -1.23. The van der Waals surface area contributed by atoms with Crippen molar-refractivity contribution in [1.29, 1.82) is 0 Å². The van der Waals surface area contributed by atoms with Gasteiger partial charge in [0, 0.05) is 43.7 Å². The Balaban J connectivity index is 1.69. The van der Waals surface area contributed by atoms with Gasteiger partial charge in [0.1, 0.15) is 0 Å². The van der Waals surface area contributed by atoms with Crippen molar-refractivity contribution < 1.29 is 0 Å². The summed E-state index contributed by atoms with van der Waals surface area (Å²) in [6, 6.07) is 11.4. The van der Waals surface area contributed by atoms with E-state index in [1.165, 1.54) is 10.6 Å². The maximum atomic E-state index is 4.40. The summed E-state index contributed by atoms with van der Waals surface area (Å²) in [4.78, 5) is 6.98. The summed E-state index contributed by atoms with van der Waals surface area (Å²) in [6.45, 7) is 7.77. The molecule has 2 aromatic rings. The number of rotatable bonds is 4. The fraction of sp³-hybridized carbons (Fsp3) is 0.471. The molecular formula is C17H23N3S. The molecule has 1 aromatic heterocycles. The second-order valence-electron chi connectivity index (χ2n) is 6.07. The van der Waals surface area contributed by atoms with E-state index in [1.807, 2.05) is 6.20 Å². The number of aromatic nitrogens is 1. The van der Waals surface area contributed by atoms with Crippen LogP contribution in [0.4, 0.5) is 0 Å². The molecule has 1 aromatic carbocycles. The van der Waals surface area contributed by atoms with Crippen molar-refractivity contribution >= 4 is 11.3 Å². The number of hydrogen-bond acceptors (Lipinski definition) is 4. The summed E-state index contributed by atoms with van der Waals surface area (Å²) in [6.07, 6.45) is 2.95. The quantitative estimate of drug-likeness (QED) is 0.941. The number of piperazine rings is 1. The van der Waals surface area contributed by atoms with Crippen molar-refractivity contribution in [2.24, 2.45) is 0 Å². The summed E-state index contributed by atoms with van der Waals surface area (Å²) in [5.74, 6) is 0. The molecule has 0 amide bonds. The second kappa shape index (κ2) is 6.26. The van der Waals surface area contributed by atoms with Crippen molar-refractivity contribution in [3.63, 3.8) is 0 Å². The smallest absolute Gasteiger partial charge is 0.0937 e. The van der Waals surface area contributed by atoms with Crippen molar-refractivity contribution in [2.75, 3.05) is 19.6 Å². The molecule has 1 aliphatic rings. The lowest BCUT2D eigenvalue weighted by atomic mass is 9.88. The maximum absolute atomic E-state index is 4.40. The van der Waals surface area contributed by atoms with E-state index in [0.717, 1.165) is 26.1 Å². The van der Waals surface area contributed by atoms with Crippen LogP contribution in [-0.2, 0) is 12.0 Å². The van der Waals surface area contributed by atoms with Crippen LogP contribution in [0.2, 0.25) is 0 Å². The fourth-order valence-corrected chi connectivity index (χ4v) is 3.64. The van der Waals surface area contributed by atoms with Gasteiger partial charge in [-0.15, -0.1) is 11.3 Å². The zero-order chi connectivity index (χ0) is 14.7. The van der Waals surface area contributed by atoms with Gasteiger partial charge in [-0.2, -0.15) is 0 Å². The van der Waals surface area contributed by atoms with E-state index in [-0.39, 0.29) is 5.54 Å². The van der Waals surface area contributed by atoms with Gasteiger partial charge in [-0.1, -0.05) is 30.3 Å². The van der Waals surface area contributed by atoms with Crippen LogP contribution in [0.3, 0.4) is 0 Å². The zero-order valence-corrected chi connectivity index (χ0v) is 13.6. The highest BCUT2D eigenvalue weighted by atomic mass is 32.1. The van der Waals surface area contributed by atoms with Gasteiger partial charge in [0.05, 0.1) is 10.5 Å². The number of thiazole rings is 1. The molecule has 0 aliphatic carbocycles. The van der Waals surface area contributed by atoms with E-state index in [1.54, 1.807) is 11.3 Å². The minimum atomic E-state index is 0.0383. The minimum Gasteiger partial charge on any atom is -0.305 e. The van der Waals surface area contributed by atoms with Crippen LogP contribution in [0, 0.1) is 0 Å². The van der Waals surface area contributed by atoms with E-state index in [2.05, 4.69) is 64.8 Å². The molecule has 0 radical (unpaired) electrons. The first-order valence-electron chi connectivity index (χ1n) is 7.60. The highest BCUT2D eigenvalue weighted by Crippen LogP contribution is 2.26. The van der Waals surface area contributed by atoms with Crippen molar-refractivity contribution in [3.05, 3.63) is 52.5 Å². The van der Waals surface area contributed by atoms with Gasteiger partial charge in [0.15, 0.2) is 0 Å². The molecule has 1 aliphatic heterocycles. The molecular weight excluding hydrogens is 278 g/mol. The molecule has 1 N–H and O–H groups in total. The van der Waals surface area contributed by atoms with Gasteiger partial charge in [-0.3, -0.25) is 4.90 Å². The maximum Gasteiger partial charge on any atom is 0.0937 e. The molecule has 2 unspecified atom stereocenters. The van der Waals surface area contributed by atoms with E-state index >= 15 is 0 Å². The van der Waals surface area contributed by atoms with Gasteiger partial charge in [-0.05, 0) is 19.4 Å². The second-order valence-corrected chi connectivity index (χ2v) is 7.05. The number of benzene rings is 1. The highest BCUT2D eigenvalue weighted by molar-refractivity contribution is 7.09. The Bertz CT molecular complexity index is 555. The molecule has 3 rings (SSSR count). The Kier molecular flexibility index (Phi) is 4.38. The Morgan fingerprint density at radius 2 is 2.19 bits per heavy atom. The van der Waals surface area contributed by atoms with E-state index in [9.17, 15) is 0 Å². The van der Waals surface area contributed by atoms with Gasteiger partial charge in [-0.25, -0.2) is 4.98 Å². The number of hydrogen-bond donors (Lipinski definition) is 1.